The highest BCUT2D eigenvalue weighted by molar-refractivity contribution is 8.77. The van der Waals surface area contributed by atoms with Crippen LogP contribution < -0.4 is 71.1 Å². The van der Waals surface area contributed by atoms with Gasteiger partial charge in [0.1, 0.15) is 11.6 Å². The lowest BCUT2D eigenvalue weighted by Crippen LogP contribution is -2.26. The monoisotopic (exact) mass is 1590 g/mol. The molecule has 0 rings (SSSR count). The lowest BCUT2D eigenvalue weighted by molar-refractivity contribution is -0.214. The molecule has 0 aliphatic rings. The zero-order chi connectivity index (χ0) is 74.0. The van der Waals surface area contributed by atoms with Gasteiger partial charge in [-0.05, 0) is 71.5 Å². The van der Waals surface area contributed by atoms with E-state index in [4.69, 9.17) is 51.2 Å². The Labute approximate surface area is 632 Å². The van der Waals surface area contributed by atoms with Gasteiger partial charge in [0.05, 0.1) is 33.7 Å². The van der Waals surface area contributed by atoms with Gasteiger partial charge in [-0.25, -0.2) is 15.8 Å². The van der Waals surface area contributed by atoms with Crippen molar-refractivity contribution >= 4 is 153 Å². The van der Waals surface area contributed by atoms with Gasteiger partial charge in [-0.1, -0.05) is 155 Å². The molecule has 30 nitrogen and oxygen atoms in total. The zero-order valence-electron chi connectivity index (χ0n) is 58.3. The number of hydrogen-bond acceptors (Lipinski definition) is 30. The highest BCUT2D eigenvalue weighted by Gasteiger charge is 2.08. The van der Waals surface area contributed by atoms with Crippen LogP contribution in [0, 0.1) is 5.41 Å². The van der Waals surface area contributed by atoms with E-state index in [-0.39, 0.29) is 102 Å². The maximum atomic E-state index is 11.9. The molecule has 20 N–H and O–H groups in total. The van der Waals surface area contributed by atoms with Gasteiger partial charge < -0.3 is 79.1 Å². The molecule has 100 heavy (non-hydrogen) atoms. The summed E-state index contributed by atoms with van der Waals surface area (Å²) >= 11 is 0. The number of amides is 8. The number of ketones is 2. The third kappa shape index (κ3) is 138. The number of rotatable bonds is 64. The van der Waals surface area contributed by atoms with Crippen LogP contribution in [0.25, 0.3) is 0 Å². The Balaban J connectivity index is -0.000000133. The summed E-state index contributed by atoms with van der Waals surface area (Å²) in [6, 6.07) is 0. The van der Waals surface area contributed by atoms with E-state index in [1.165, 1.54) is 14.0 Å². The van der Waals surface area contributed by atoms with Gasteiger partial charge in [0.15, 0.2) is 6.40 Å². The number of hydrogen-bond donors (Lipinski definition) is 16. The van der Waals surface area contributed by atoms with Crippen LogP contribution >= 0.6 is 86.4 Å². The number of unbranched alkanes of at least 4 members (excludes halogenated alkanes) is 7. The van der Waals surface area contributed by atoms with E-state index in [0.717, 1.165) is 169 Å². The summed E-state index contributed by atoms with van der Waals surface area (Å²) < 4.78 is 10.4. The topological polar surface area (TPSA) is 484 Å². The Morgan fingerprint density at radius 1 is 0.460 bits per heavy atom. The second-order valence-corrected chi connectivity index (χ2v) is 30.2. The van der Waals surface area contributed by atoms with Crippen LogP contribution in [-0.2, 0) is 67.1 Å². The fourth-order valence-corrected chi connectivity index (χ4v) is 13.8. The zero-order valence-corrected chi connectivity index (χ0v) is 64.9. The molecule has 0 aliphatic heterocycles. The van der Waals surface area contributed by atoms with Crippen molar-refractivity contribution in [3.05, 3.63) is 0 Å². The number of carbonyl (C=O) groups is 10. The summed E-state index contributed by atoms with van der Waals surface area (Å²) in [6.45, 7) is 16.6. The fraction of sp³-hybridized carbons (Fsp3) is 0.823. The maximum absolute atomic E-state index is 11.9. The predicted octanol–water partition coefficient (Wildman–Crippen LogP) is 7.01. The van der Waals surface area contributed by atoms with Crippen LogP contribution in [0.5, 0.6) is 0 Å². The summed E-state index contributed by atoms with van der Waals surface area (Å²) in [6.07, 6.45) is 16.4. The number of nitrogens with one attached hydrogen (secondary N) is 10. The normalized spacial score (nSPS) is 9.67. The van der Waals surface area contributed by atoms with Gasteiger partial charge >= 0.3 is 0 Å². The largest absolute Gasteiger partial charge is 0.483 e. The minimum absolute atomic E-state index is 0. The number of carbonyl (C=O) groups excluding carboxylic acids is 10. The van der Waals surface area contributed by atoms with Gasteiger partial charge in [0, 0.05) is 157 Å². The molecule has 0 aromatic carbocycles. The highest BCUT2D eigenvalue weighted by Crippen LogP contribution is 2.22. The SMILES string of the molecule is C.C.C.CCCCCNC(=O)CCC(N)=O.CCNCCSSCCOCNCCCCCNC(=O)CCC(N)=O.CNOCCCSSCCNC(=O)CCC(C)=O.COO.N=COCCSSCCNCCCCCCC(=O)CCC(=O)NCCSSCCCNO.NC=O.NC=O. The standard InChI is InChI=1S/C20H40N4O4S4.C16H34N4O3S2.C11H22N2O3S2.C9H18N2O2.2CH3NO.CH4O2.3CH4/c21-18-28-13-17-32-30-15-11-22-9-4-2-1-3-6-19(25)7-8-20(26)23-12-16-31-29-14-5-10-24-27;1-2-18-10-12-24-25-13-11-23-14-19-8-4-3-5-9-20-16(22)7-6-15(17)21;1-10(14)4-5-11(15)13-6-9-18-17-8-3-7-16-12-2;1-2-3-4-7-11-9(13)6-5-8(10)12;2*2-1-3;1-3-2;;;/h18,21-22,24,27H,1-17H2,(H,23,26);18-19H,2-14H2,1H3,(H2,17,21)(H,20,22);12H,3-9H2,1-2H3,(H,13,15);2-7H2,1H3,(H2,10,12)(H,11,13);2*1H,(H2,2,3);2H,1H3;3*1H4. The Bertz CT molecular complexity index is 1780. The first-order valence-electron chi connectivity index (χ1n) is 32.5. The first-order valence-corrected chi connectivity index (χ1v) is 42.5. The lowest BCUT2D eigenvalue weighted by atomic mass is 10.1. The summed E-state index contributed by atoms with van der Waals surface area (Å²) in [7, 11) is 17.2. The summed E-state index contributed by atoms with van der Waals surface area (Å²) in [5.41, 5.74) is 23.0. The molecule has 0 bridgehead atoms. The molecular weight excluding hydrogens is 1450 g/mol. The Kier molecular flexibility index (Phi) is 132. The molecule has 0 aromatic rings. The number of Topliss-reactive ketones (excluding diaryl/α,β-unsaturated/α-hetero) is 2. The van der Waals surface area contributed by atoms with Crippen LogP contribution in [0.2, 0.25) is 0 Å². The van der Waals surface area contributed by atoms with Crippen LogP contribution in [0.4, 0.5) is 0 Å². The van der Waals surface area contributed by atoms with Crippen molar-refractivity contribution in [2.75, 3.05) is 152 Å². The quantitative estimate of drug-likeness (QED) is 0.00425. The van der Waals surface area contributed by atoms with Crippen molar-refractivity contribution in [3.8, 4) is 0 Å². The van der Waals surface area contributed by atoms with Crippen LogP contribution in [0.15, 0.2) is 0 Å². The Morgan fingerprint density at radius 3 is 1.33 bits per heavy atom. The third-order valence-corrected chi connectivity index (χ3v) is 20.6. The molecule has 0 saturated heterocycles. The summed E-state index contributed by atoms with van der Waals surface area (Å²) in [5, 5.41) is 43.4. The summed E-state index contributed by atoms with van der Waals surface area (Å²) in [5.74, 6) is 6.88. The maximum Gasteiger partial charge on any atom is 0.220 e. The van der Waals surface area contributed by atoms with Crippen molar-refractivity contribution in [3.63, 3.8) is 0 Å². The van der Waals surface area contributed by atoms with Crippen LogP contribution in [0.3, 0.4) is 0 Å². The molecule has 0 aromatic heterocycles. The Morgan fingerprint density at radius 2 is 0.860 bits per heavy atom. The molecule has 38 heteroatoms. The number of primary amides is 4. The average Bonchev–Trinajstić information content (AvgIpc) is 2.52. The van der Waals surface area contributed by atoms with Gasteiger partial charge in [-0.3, -0.25) is 59.1 Å². The molecule has 0 heterocycles. The summed E-state index contributed by atoms with van der Waals surface area (Å²) in [4.78, 5) is 114. The van der Waals surface area contributed by atoms with Crippen LogP contribution in [0.1, 0.15) is 178 Å². The van der Waals surface area contributed by atoms with Crippen molar-refractivity contribution < 1.29 is 77.6 Å². The molecule has 0 spiro atoms. The van der Waals surface area contributed by atoms with Gasteiger partial charge in [0.25, 0.3) is 0 Å². The minimum Gasteiger partial charge on any atom is -0.483 e. The van der Waals surface area contributed by atoms with Crippen molar-refractivity contribution in [2.45, 2.75) is 178 Å². The van der Waals surface area contributed by atoms with E-state index in [1.54, 1.807) is 61.0 Å². The molecule has 598 valence electrons. The predicted molar refractivity (Wildman–Crippen MR) is 429 cm³/mol. The van der Waals surface area contributed by atoms with Crippen molar-refractivity contribution in [2.24, 2.45) is 22.9 Å². The first kappa shape index (κ1) is 118. The Hall–Kier alpha value is -3.03. The first-order chi connectivity index (χ1) is 46.9. The molecule has 0 unspecified atom stereocenters. The minimum atomic E-state index is -0.440. The van der Waals surface area contributed by atoms with Crippen LogP contribution in [-0.4, -0.2) is 229 Å². The lowest BCUT2D eigenvalue weighted by Gasteiger charge is -2.07. The second kappa shape index (κ2) is 112. The number of ether oxygens (including phenoxy) is 2. The van der Waals surface area contributed by atoms with E-state index in [9.17, 15) is 38.4 Å². The molecule has 0 aliphatic carbocycles. The second-order valence-electron chi connectivity index (χ2n) is 19.3. The van der Waals surface area contributed by atoms with Crippen molar-refractivity contribution in [1.29, 1.82) is 5.41 Å². The van der Waals surface area contributed by atoms with Crippen molar-refractivity contribution in [1.82, 2.24) is 48.2 Å². The number of nitrogens with two attached hydrogens (primary N) is 4. The number of hydroxylamine groups is 2. The molecule has 8 amide bonds. The average molecular weight is 1590 g/mol. The van der Waals surface area contributed by atoms with E-state index in [0.29, 0.717) is 78.4 Å². The molecule has 0 radical (unpaired) electrons. The van der Waals surface area contributed by atoms with Gasteiger partial charge in [-0.2, -0.15) is 0 Å². The molecule has 0 fully saturated rings. The fourth-order valence-electron chi connectivity index (χ4n) is 6.22. The highest BCUT2D eigenvalue weighted by atomic mass is 33.1. The smallest absolute Gasteiger partial charge is 0.220 e. The van der Waals surface area contributed by atoms with Gasteiger partial charge in [-0.15, -0.1) is 0 Å². The van der Waals surface area contributed by atoms with E-state index in [1.807, 2.05) is 32.4 Å². The van der Waals surface area contributed by atoms with E-state index < -0.39 is 11.8 Å². The van der Waals surface area contributed by atoms with Gasteiger partial charge in [0.2, 0.25) is 48.3 Å². The molecule has 0 atom stereocenters. The molecule has 0 saturated carbocycles. The third-order valence-electron chi connectivity index (χ3n) is 10.9. The van der Waals surface area contributed by atoms with E-state index in [2.05, 4.69) is 78.4 Å². The molecular formula is C62H136N14O16S8. The van der Waals surface area contributed by atoms with E-state index >= 15 is 0 Å².